The van der Waals surface area contributed by atoms with Gasteiger partial charge in [-0.1, -0.05) is 24.3 Å². The van der Waals surface area contributed by atoms with Crippen LogP contribution >= 0.6 is 22.6 Å². The molecule has 1 heterocycles. The molecule has 27 heavy (non-hydrogen) atoms. The minimum atomic E-state index is -0.279. The van der Waals surface area contributed by atoms with Gasteiger partial charge in [-0.2, -0.15) is 20.1 Å². The first kappa shape index (κ1) is 18.9. The van der Waals surface area contributed by atoms with Gasteiger partial charge in [0.1, 0.15) is 5.82 Å². The number of hydrazone groups is 1. The van der Waals surface area contributed by atoms with E-state index in [1.54, 1.807) is 18.3 Å². The van der Waals surface area contributed by atoms with E-state index in [2.05, 4.69) is 58.9 Å². The molecule has 0 aliphatic rings. The maximum Gasteiger partial charge on any atom is 0.250 e. The van der Waals surface area contributed by atoms with Crippen LogP contribution in [0.4, 0.5) is 22.2 Å². The molecule has 0 saturated heterocycles. The zero-order valence-electron chi connectivity index (χ0n) is 14.0. The van der Waals surface area contributed by atoms with Crippen molar-refractivity contribution in [1.82, 2.24) is 20.4 Å². The highest BCUT2D eigenvalue weighted by Gasteiger charge is 2.03. The SMILES string of the molecule is Nc1nc(NN=Cc2ccc(I)cc2)nc(NNCc2ccc(F)cc2)n1. The molecule has 0 unspecified atom stereocenters. The van der Waals surface area contributed by atoms with Crippen molar-refractivity contribution >= 4 is 46.7 Å². The Morgan fingerprint density at radius 3 is 2.44 bits per heavy atom. The third-order valence-electron chi connectivity index (χ3n) is 3.31. The van der Waals surface area contributed by atoms with Gasteiger partial charge in [0.15, 0.2) is 0 Å². The number of hydrogen-bond acceptors (Lipinski definition) is 8. The lowest BCUT2D eigenvalue weighted by atomic mass is 10.2. The Balaban J connectivity index is 1.56. The maximum absolute atomic E-state index is 12.9. The predicted octanol–water partition coefficient (Wildman–Crippen LogP) is 2.76. The van der Waals surface area contributed by atoms with Crippen LogP contribution in [0.3, 0.4) is 0 Å². The fourth-order valence-electron chi connectivity index (χ4n) is 2.04. The molecule has 0 fully saturated rings. The number of anilines is 3. The second-order valence-corrected chi connectivity index (χ2v) is 6.61. The molecule has 2 aromatic carbocycles. The zero-order valence-corrected chi connectivity index (χ0v) is 16.2. The fourth-order valence-corrected chi connectivity index (χ4v) is 2.40. The molecule has 0 saturated carbocycles. The molecule has 1 aromatic heterocycles. The number of nitrogens with one attached hydrogen (secondary N) is 3. The van der Waals surface area contributed by atoms with Crippen molar-refractivity contribution in [2.45, 2.75) is 6.54 Å². The summed E-state index contributed by atoms with van der Waals surface area (Å²) < 4.78 is 14.0. The van der Waals surface area contributed by atoms with Crippen LogP contribution in [-0.4, -0.2) is 21.2 Å². The predicted molar refractivity (Wildman–Crippen MR) is 111 cm³/mol. The monoisotopic (exact) mass is 478 g/mol. The third kappa shape index (κ3) is 6.11. The summed E-state index contributed by atoms with van der Waals surface area (Å²) in [5, 5.41) is 4.09. The lowest BCUT2D eigenvalue weighted by molar-refractivity contribution is 0.626. The number of halogens is 2. The Labute approximate surface area is 168 Å². The summed E-state index contributed by atoms with van der Waals surface area (Å²) in [6, 6.07) is 14.0. The van der Waals surface area contributed by atoms with Gasteiger partial charge >= 0.3 is 0 Å². The van der Waals surface area contributed by atoms with Crippen LogP contribution in [0, 0.1) is 9.39 Å². The Morgan fingerprint density at radius 1 is 1.00 bits per heavy atom. The van der Waals surface area contributed by atoms with Crippen molar-refractivity contribution in [3.63, 3.8) is 0 Å². The van der Waals surface area contributed by atoms with Crippen LogP contribution in [0.1, 0.15) is 11.1 Å². The second-order valence-electron chi connectivity index (χ2n) is 5.37. The number of rotatable bonds is 7. The first-order valence-electron chi connectivity index (χ1n) is 7.88. The quantitative estimate of drug-likeness (QED) is 0.235. The topological polar surface area (TPSA) is 113 Å². The molecule has 0 aliphatic carbocycles. The van der Waals surface area contributed by atoms with E-state index in [0.717, 1.165) is 14.7 Å². The number of hydrazine groups is 1. The average molecular weight is 478 g/mol. The summed E-state index contributed by atoms with van der Waals surface area (Å²) in [6.45, 7) is 0.444. The van der Waals surface area contributed by atoms with Gasteiger partial charge in [0, 0.05) is 10.1 Å². The van der Waals surface area contributed by atoms with Gasteiger partial charge in [0.2, 0.25) is 17.8 Å². The van der Waals surface area contributed by atoms with E-state index in [-0.39, 0.29) is 23.7 Å². The minimum Gasteiger partial charge on any atom is -0.368 e. The highest BCUT2D eigenvalue weighted by Crippen LogP contribution is 2.08. The molecule has 0 spiro atoms. The van der Waals surface area contributed by atoms with Crippen LogP contribution in [0.25, 0.3) is 0 Å². The summed E-state index contributed by atoms with van der Waals surface area (Å²) in [4.78, 5) is 12.1. The first-order valence-corrected chi connectivity index (χ1v) is 8.96. The lowest BCUT2D eigenvalue weighted by Crippen LogP contribution is -2.23. The van der Waals surface area contributed by atoms with E-state index in [9.17, 15) is 4.39 Å². The molecule has 0 atom stereocenters. The highest BCUT2D eigenvalue weighted by molar-refractivity contribution is 14.1. The fraction of sp³-hybridized carbons (Fsp3) is 0.0588. The zero-order chi connectivity index (χ0) is 19.1. The molecule has 10 heteroatoms. The van der Waals surface area contributed by atoms with Crippen molar-refractivity contribution < 1.29 is 4.39 Å². The Bertz CT molecular complexity index is 915. The molecule has 3 aromatic rings. The number of benzene rings is 2. The van der Waals surface area contributed by atoms with Gasteiger partial charge in [-0.15, -0.1) is 0 Å². The van der Waals surface area contributed by atoms with E-state index in [0.29, 0.717) is 6.54 Å². The molecule has 3 rings (SSSR count). The van der Waals surface area contributed by atoms with E-state index in [1.165, 1.54) is 12.1 Å². The van der Waals surface area contributed by atoms with Gasteiger partial charge in [-0.05, 0) is 58.0 Å². The summed E-state index contributed by atoms with van der Waals surface area (Å²) in [5.41, 5.74) is 16.0. The van der Waals surface area contributed by atoms with E-state index < -0.39 is 0 Å². The molecule has 0 bridgehead atoms. The smallest absolute Gasteiger partial charge is 0.250 e. The Morgan fingerprint density at radius 2 is 1.70 bits per heavy atom. The van der Waals surface area contributed by atoms with Crippen molar-refractivity contribution in [3.05, 3.63) is 69.0 Å². The Kier molecular flexibility index (Phi) is 6.44. The molecule has 0 aliphatic heterocycles. The summed E-state index contributed by atoms with van der Waals surface area (Å²) in [7, 11) is 0. The minimum absolute atomic E-state index is 0.0445. The van der Waals surface area contributed by atoms with Crippen LogP contribution in [0.2, 0.25) is 0 Å². The summed E-state index contributed by atoms with van der Waals surface area (Å²) in [6.07, 6.45) is 1.65. The van der Waals surface area contributed by atoms with E-state index >= 15 is 0 Å². The highest BCUT2D eigenvalue weighted by atomic mass is 127. The standard InChI is InChI=1S/C17H16FIN8/c18-13-5-1-11(2-6-13)9-21-26-16-23-15(20)24-17(25-16)27-22-10-12-3-7-14(19)8-4-12/h1-8,10,21H,9H2,(H4,20,23,24,25,26,27). The molecular weight excluding hydrogens is 462 g/mol. The third-order valence-corrected chi connectivity index (χ3v) is 4.03. The second kappa shape index (κ2) is 9.19. The van der Waals surface area contributed by atoms with Gasteiger partial charge in [-0.25, -0.2) is 15.2 Å². The van der Waals surface area contributed by atoms with Crippen LogP contribution in [0.15, 0.2) is 53.6 Å². The van der Waals surface area contributed by atoms with Gasteiger partial charge in [0.05, 0.1) is 6.21 Å². The van der Waals surface area contributed by atoms with Crippen LogP contribution in [-0.2, 0) is 6.54 Å². The largest absolute Gasteiger partial charge is 0.368 e. The van der Waals surface area contributed by atoms with Crippen LogP contribution in [0.5, 0.6) is 0 Å². The average Bonchev–Trinajstić information content (AvgIpc) is 2.65. The van der Waals surface area contributed by atoms with E-state index in [4.69, 9.17) is 5.73 Å². The van der Waals surface area contributed by atoms with Gasteiger partial charge < -0.3 is 5.73 Å². The number of nitrogens with two attached hydrogens (primary N) is 1. The molecule has 138 valence electrons. The molecular formula is C17H16FIN8. The molecule has 5 N–H and O–H groups in total. The lowest BCUT2D eigenvalue weighted by Gasteiger charge is -2.08. The number of hydrogen-bond donors (Lipinski definition) is 4. The molecule has 8 nitrogen and oxygen atoms in total. The van der Waals surface area contributed by atoms with Gasteiger partial charge in [0.25, 0.3) is 0 Å². The van der Waals surface area contributed by atoms with Crippen LogP contribution < -0.4 is 22.0 Å². The van der Waals surface area contributed by atoms with Crippen molar-refractivity contribution in [2.75, 3.05) is 16.6 Å². The molecule has 0 amide bonds. The Hall–Kier alpha value is -2.86. The maximum atomic E-state index is 12.9. The van der Waals surface area contributed by atoms with E-state index in [1.807, 2.05) is 24.3 Å². The van der Waals surface area contributed by atoms with Crippen molar-refractivity contribution in [1.29, 1.82) is 0 Å². The number of nitrogen functional groups attached to an aromatic ring is 1. The van der Waals surface area contributed by atoms with Crippen molar-refractivity contribution in [3.8, 4) is 0 Å². The normalized spacial score (nSPS) is 10.9. The summed E-state index contributed by atoms with van der Waals surface area (Å²) in [5.74, 6) is 0.202. The number of nitrogens with zero attached hydrogens (tertiary/aromatic N) is 4. The molecule has 0 radical (unpaired) electrons. The summed E-state index contributed by atoms with van der Waals surface area (Å²) >= 11 is 2.24. The van der Waals surface area contributed by atoms with Gasteiger partial charge in [-0.3, -0.25) is 5.43 Å². The first-order chi connectivity index (χ1) is 13.1. The number of aromatic nitrogens is 3. The van der Waals surface area contributed by atoms with Crippen molar-refractivity contribution in [2.24, 2.45) is 5.10 Å².